The average Bonchev–Trinajstić information content (AvgIpc) is 2.72. The smallest absolute Gasteiger partial charge is 0.316 e. The highest BCUT2D eigenvalue weighted by Crippen LogP contribution is 2.25. The maximum Gasteiger partial charge on any atom is 0.316 e. The monoisotopic (exact) mass is 412 g/mol. The fraction of sp³-hybridized carbons (Fsp3) is 0.238. The van der Waals surface area contributed by atoms with E-state index in [2.05, 4.69) is 5.32 Å². The van der Waals surface area contributed by atoms with E-state index < -0.39 is 18.5 Å². The molecule has 0 radical (unpaired) electrons. The number of thioether (sulfide) groups is 1. The van der Waals surface area contributed by atoms with Crippen LogP contribution >= 0.6 is 11.8 Å². The quantitative estimate of drug-likeness (QED) is 0.498. The molecule has 0 spiro atoms. The number of hydrogen-bond donors (Lipinski definition) is 1. The predicted molar refractivity (Wildman–Crippen MR) is 110 cm³/mol. The lowest BCUT2D eigenvalue weighted by atomic mass is 10.1. The van der Waals surface area contributed by atoms with E-state index in [-0.39, 0.29) is 11.5 Å². The molecule has 0 atom stereocenters. The van der Waals surface area contributed by atoms with Crippen molar-refractivity contribution in [1.82, 2.24) is 0 Å². The van der Waals surface area contributed by atoms with Gasteiger partial charge < -0.3 is 14.8 Å². The van der Waals surface area contributed by atoms with Crippen molar-refractivity contribution in [1.29, 1.82) is 5.26 Å². The third kappa shape index (κ3) is 6.97. The van der Waals surface area contributed by atoms with Crippen molar-refractivity contribution in [2.24, 2.45) is 0 Å². The molecule has 0 heterocycles. The van der Waals surface area contributed by atoms with Crippen LogP contribution in [0.4, 0.5) is 5.69 Å². The van der Waals surface area contributed by atoms with Crippen LogP contribution in [0.15, 0.2) is 42.5 Å². The van der Waals surface area contributed by atoms with Crippen LogP contribution in [-0.2, 0) is 20.1 Å². The fourth-order valence-corrected chi connectivity index (χ4v) is 3.17. The Bertz CT molecular complexity index is 935. The number of benzene rings is 2. The van der Waals surface area contributed by atoms with E-state index in [4.69, 9.17) is 14.7 Å². The Labute approximate surface area is 173 Å². The van der Waals surface area contributed by atoms with E-state index in [1.807, 2.05) is 6.07 Å². The van der Waals surface area contributed by atoms with E-state index in [0.717, 1.165) is 5.56 Å². The SMILES string of the molecule is COc1ccc(C(C)=O)cc1CSCC(=O)OCC(=O)Nc1ccc(C#N)cc1. The number of Topliss-reactive ketones (excluding diaryl/α,β-unsaturated/α-hetero) is 1. The Morgan fingerprint density at radius 1 is 1.14 bits per heavy atom. The number of carbonyl (C=O) groups excluding carboxylic acids is 3. The molecule has 8 heteroatoms. The normalized spacial score (nSPS) is 9.97. The largest absolute Gasteiger partial charge is 0.496 e. The Morgan fingerprint density at radius 2 is 1.86 bits per heavy atom. The maximum atomic E-state index is 11.9. The summed E-state index contributed by atoms with van der Waals surface area (Å²) in [6.45, 7) is 1.08. The number of nitrogens with one attached hydrogen (secondary N) is 1. The molecule has 2 aromatic carbocycles. The minimum atomic E-state index is -0.522. The number of nitriles is 1. The van der Waals surface area contributed by atoms with E-state index in [0.29, 0.717) is 28.3 Å². The zero-order valence-electron chi connectivity index (χ0n) is 16.1. The molecule has 2 aromatic rings. The summed E-state index contributed by atoms with van der Waals surface area (Å²) in [5.41, 5.74) is 2.37. The van der Waals surface area contributed by atoms with E-state index in [1.54, 1.807) is 42.5 Å². The van der Waals surface area contributed by atoms with Gasteiger partial charge in [0.1, 0.15) is 5.75 Å². The Morgan fingerprint density at radius 3 is 2.48 bits per heavy atom. The van der Waals surface area contributed by atoms with Gasteiger partial charge in [-0.3, -0.25) is 14.4 Å². The average molecular weight is 412 g/mol. The first-order valence-corrected chi connectivity index (χ1v) is 9.79. The van der Waals surface area contributed by atoms with Crippen molar-refractivity contribution in [3.05, 3.63) is 59.2 Å². The summed E-state index contributed by atoms with van der Waals surface area (Å²) in [6, 6.07) is 13.5. The lowest BCUT2D eigenvalue weighted by molar-refractivity contribution is -0.144. The molecular formula is C21H20N2O5S. The molecule has 2 rings (SSSR count). The van der Waals surface area contributed by atoms with Gasteiger partial charge in [-0.2, -0.15) is 5.26 Å². The lowest BCUT2D eigenvalue weighted by Gasteiger charge is -2.10. The first kappa shape index (κ1) is 22.0. The topological polar surface area (TPSA) is 105 Å². The highest BCUT2D eigenvalue weighted by Gasteiger charge is 2.11. The van der Waals surface area contributed by atoms with Gasteiger partial charge in [-0.05, 0) is 49.4 Å². The molecule has 150 valence electrons. The van der Waals surface area contributed by atoms with Crippen LogP contribution in [0, 0.1) is 11.3 Å². The van der Waals surface area contributed by atoms with Gasteiger partial charge in [0.05, 0.1) is 24.5 Å². The molecule has 0 saturated heterocycles. The molecular weight excluding hydrogens is 392 g/mol. The van der Waals surface area contributed by atoms with Crippen LogP contribution in [0.25, 0.3) is 0 Å². The minimum absolute atomic E-state index is 0.0495. The van der Waals surface area contributed by atoms with Crippen LogP contribution in [0.1, 0.15) is 28.4 Å². The molecule has 0 aliphatic carbocycles. The molecule has 0 unspecified atom stereocenters. The Balaban J connectivity index is 1.77. The first-order valence-electron chi connectivity index (χ1n) is 8.64. The predicted octanol–water partition coefficient (Wildman–Crippen LogP) is 3.18. The van der Waals surface area contributed by atoms with Crippen LogP contribution < -0.4 is 10.1 Å². The number of methoxy groups -OCH3 is 1. The van der Waals surface area contributed by atoms with Crippen LogP contribution in [-0.4, -0.2) is 37.1 Å². The van der Waals surface area contributed by atoms with E-state index >= 15 is 0 Å². The summed E-state index contributed by atoms with van der Waals surface area (Å²) in [7, 11) is 1.54. The number of ether oxygens (including phenoxy) is 2. The fourth-order valence-electron chi connectivity index (χ4n) is 2.37. The third-order valence-corrected chi connectivity index (χ3v) is 4.78. The van der Waals surface area contributed by atoms with Crippen molar-refractivity contribution < 1.29 is 23.9 Å². The van der Waals surface area contributed by atoms with Crippen molar-refractivity contribution in [2.45, 2.75) is 12.7 Å². The van der Waals surface area contributed by atoms with Crippen LogP contribution in [0.3, 0.4) is 0 Å². The number of esters is 1. The minimum Gasteiger partial charge on any atom is -0.496 e. The molecule has 1 amide bonds. The molecule has 0 fully saturated rings. The Kier molecular flexibility index (Phi) is 8.25. The molecule has 0 bridgehead atoms. The number of rotatable bonds is 9. The zero-order valence-corrected chi connectivity index (χ0v) is 16.9. The second kappa shape index (κ2) is 10.9. The lowest BCUT2D eigenvalue weighted by Crippen LogP contribution is -2.21. The summed E-state index contributed by atoms with van der Waals surface area (Å²) in [6.07, 6.45) is 0. The number of carbonyl (C=O) groups is 3. The number of ketones is 1. The van der Waals surface area contributed by atoms with Crippen LogP contribution in [0.5, 0.6) is 5.75 Å². The summed E-state index contributed by atoms with van der Waals surface area (Å²) < 4.78 is 10.2. The number of nitrogens with zero attached hydrogens (tertiary/aromatic N) is 1. The van der Waals surface area contributed by atoms with Crippen molar-refractivity contribution in [3.8, 4) is 11.8 Å². The maximum absolute atomic E-state index is 11.9. The van der Waals surface area contributed by atoms with Crippen molar-refractivity contribution in [2.75, 3.05) is 24.8 Å². The first-order chi connectivity index (χ1) is 13.9. The molecule has 0 saturated carbocycles. The molecule has 0 aliphatic heterocycles. The van der Waals surface area contributed by atoms with Gasteiger partial charge in [-0.25, -0.2) is 0 Å². The second-order valence-electron chi connectivity index (χ2n) is 5.97. The van der Waals surface area contributed by atoms with E-state index in [9.17, 15) is 14.4 Å². The van der Waals surface area contributed by atoms with E-state index in [1.165, 1.54) is 25.8 Å². The van der Waals surface area contributed by atoms with Crippen LogP contribution in [0.2, 0.25) is 0 Å². The number of hydrogen-bond acceptors (Lipinski definition) is 7. The number of amides is 1. The zero-order chi connectivity index (χ0) is 21.2. The summed E-state index contributed by atoms with van der Waals surface area (Å²) in [4.78, 5) is 35.2. The standard InChI is InChI=1S/C21H20N2O5S/c1-14(24)16-5-8-19(27-2)17(9-16)12-29-13-21(26)28-11-20(25)23-18-6-3-15(10-22)4-7-18/h3-9H,11-13H2,1-2H3,(H,23,25). The molecule has 1 N–H and O–H groups in total. The van der Waals surface area contributed by atoms with Gasteiger partial charge in [0, 0.05) is 22.6 Å². The third-order valence-electron chi connectivity index (χ3n) is 3.83. The molecule has 29 heavy (non-hydrogen) atoms. The number of anilines is 1. The second-order valence-corrected chi connectivity index (χ2v) is 6.96. The summed E-state index contributed by atoms with van der Waals surface area (Å²) in [5.74, 6) is 0.105. The van der Waals surface area contributed by atoms with Gasteiger partial charge in [-0.15, -0.1) is 11.8 Å². The highest BCUT2D eigenvalue weighted by atomic mass is 32.2. The van der Waals surface area contributed by atoms with Gasteiger partial charge in [0.2, 0.25) is 0 Å². The Hall–Kier alpha value is -3.31. The van der Waals surface area contributed by atoms with Gasteiger partial charge >= 0.3 is 5.97 Å². The summed E-state index contributed by atoms with van der Waals surface area (Å²) >= 11 is 1.30. The van der Waals surface area contributed by atoms with Gasteiger partial charge in [0.25, 0.3) is 5.91 Å². The van der Waals surface area contributed by atoms with Gasteiger partial charge in [-0.1, -0.05) is 0 Å². The van der Waals surface area contributed by atoms with Crippen molar-refractivity contribution in [3.63, 3.8) is 0 Å². The molecule has 7 nitrogen and oxygen atoms in total. The summed E-state index contributed by atoms with van der Waals surface area (Å²) in [5, 5.41) is 11.3. The molecule has 0 aliphatic rings. The van der Waals surface area contributed by atoms with Gasteiger partial charge in [0.15, 0.2) is 12.4 Å². The molecule has 0 aromatic heterocycles. The van der Waals surface area contributed by atoms with Crippen molar-refractivity contribution >= 4 is 35.1 Å². The highest BCUT2D eigenvalue weighted by molar-refractivity contribution is 7.99.